The summed E-state index contributed by atoms with van der Waals surface area (Å²) in [5.41, 5.74) is 2.26. The minimum Gasteiger partial charge on any atom is -0.269 e. The van der Waals surface area contributed by atoms with Crippen molar-refractivity contribution in [3.8, 4) is 0 Å². The van der Waals surface area contributed by atoms with Crippen molar-refractivity contribution in [3.63, 3.8) is 0 Å². The van der Waals surface area contributed by atoms with Gasteiger partial charge in [0.05, 0.1) is 11.7 Å². The number of carbonyl (C=O) groups excluding carboxylic acids is 1. The lowest BCUT2D eigenvalue weighted by Gasteiger charge is -2.17. The molecule has 1 aliphatic carbocycles. The Morgan fingerprint density at radius 1 is 1.32 bits per heavy atom. The van der Waals surface area contributed by atoms with Crippen LogP contribution in [-0.2, 0) is 7.05 Å². The van der Waals surface area contributed by atoms with E-state index in [1.807, 2.05) is 25.1 Å². The van der Waals surface area contributed by atoms with Crippen LogP contribution in [-0.4, -0.2) is 26.3 Å². The molecule has 0 bridgehead atoms. The molecule has 0 amide bonds. The van der Waals surface area contributed by atoms with Crippen LogP contribution in [0.3, 0.4) is 0 Å². The van der Waals surface area contributed by atoms with Gasteiger partial charge >= 0.3 is 0 Å². The monoisotopic (exact) mass is 358 g/mol. The Morgan fingerprint density at radius 2 is 2.08 bits per heavy atom. The molecular formula is C19H23ClN4O. The van der Waals surface area contributed by atoms with Crippen LogP contribution < -0.4 is 5.49 Å². The third-order valence-electron chi connectivity index (χ3n) is 4.55. The summed E-state index contributed by atoms with van der Waals surface area (Å²) in [5.74, 6) is -0.144. The van der Waals surface area contributed by atoms with E-state index >= 15 is 0 Å². The molecule has 25 heavy (non-hydrogen) atoms. The number of rotatable bonds is 3. The van der Waals surface area contributed by atoms with Crippen molar-refractivity contribution in [1.82, 2.24) is 14.3 Å². The molecule has 3 rings (SSSR count). The lowest BCUT2D eigenvalue weighted by Crippen LogP contribution is -2.27. The number of aryl methyl sites for hydroxylation is 2. The molecule has 0 aliphatic heterocycles. The van der Waals surface area contributed by atoms with Crippen molar-refractivity contribution in [2.75, 3.05) is 0 Å². The highest BCUT2D eigenvalue weighted by atomic mass is 35.5. The molecule has 0 aromatic carbocycles. The largest absolute Gasteiger partial charge is 0.269 e. The van der Waals surface area contributed by atoms with Gasteiger partial charge in [0.15, 0.2) is 0 Å². The molecule has 2 heterocycles. The van der Waals surface area contributed by atoms with Gasteiger partial charge in [-0.2, -0.15) is 5.10 Å². The van der Waals surface area contributed by atoms with Crippen molar-refractivity contribution in [1.29, 1.82) is 0 Å². The summed E-state index contributed by atoms with van der Waals surface area (Å²) in [4.78, 5) is 17.5. The minimum atomic E-state index is -0.144. The fourth-order valence-corrected chi connectivity index (χ4v) is 3.43. The lowest BCUT2D eigenvalue weighted by molar-refractivity contribution is 0.0964. The van der Waals surface area contributed by atoms with Gasteiger partial charge in [-0.3, -0.25) is 19.0 Å². The third kappa shape index (κ3) is 4.10. The zero-order valence-corrected chi connectivity index (χ0v) is 15.4. The molecule has 0 spiro atoms. The van der Waals surface area contributed by atoms with Crippen LogP contribution in [0.1, 0.15) is 48.2 Å². The van der Waals surface area contributed by atoms with Crippen molar-refractivity contribution >= 4 is 23.6 Å². The number of nitrogens with zero attached hydrogens (tertiary/aromatic N) is 4. The van der Waals surface area contributed by atoms with Gasteiger partial charge < -0.3 is 0 Å². The van der Waals surface area contributed by atoms with E-state index in [2.05, 4.69) is 5.10 Å². The van der Waals surface area contributed by atoms with Crippen molar-refractivity contribution in [2.24, 2.45) is 12.0 Å². The minimum absolute atomic E-state index is 0.144. The standard InChI is InChI=1S/C19H23ClN4O/c1-14-16(19(20)23(2)22-14)11-12-18(25)24-13-7-6-10-17(24)21-15-8-4-3-5-9-15/h6-7,10-13,15H,3-5,8-9H2,1-2H3/b12-11+,21-17?. The molecule has 1 saturated carbocycles. The molecule has 0 atom stereocenters. The lowest BCUT2D eigenvalue weighted by atomic mass is 9.96. The first-order chi connectivity index (χ1) is 12.1. The quantitative estimate of drug-likeness (QED) is 0.784. The highest BCUT2D eigenvalue weighted by Crippen LogP contribution is 2.20. The van der Waals surface area contributed by atoms with E-state index in [0.717, 1.165) is 24.1 Å². The van der Waals surface area contributed by atoms with Crippen molar-refractivity contribution in [2.45, 2.75) is 45.1 Å². The highest BCUT2D eigenvalue weighted by molar-refractivity contribution is 6.31. The molecule has 1 fully saturated rings. The summed E-state index contributed by atoms with van der Waals surface area (Å²) >= 11 is 6.22. The van der Waals surface area contributed by atoms with Crippen LogP contribution in [0, 0.1) is 6.92 Å². The summed E-state index contributed by atoms with van der Waals surface area (Å²) in [7, 11) is 1.78. The van der Waals surface area contributed by atoms with E-state index in [9.17, 15) is 4.79 Å². The smallest absolute Gasteiger partial charge is 0.256 e. The Morgan fingerprint density at radius 3 is 2.76 bits per heavy atom. The van der Waals surface area contributed by atoms with Crippen LogP contribution in [0.4, 0.5) is 0 Å². The molecule has 132 valence electrons. The van der Waals surface area contributed by atoms with Crippen LogP contribution in [0.25, 0.3) is 6.08 Å². The van der Waals surface area contributed by atoms with Crippen LogP contribution in [0.15, 0.2) is 35.5 Å². The first-order valence-electron chi connectivity index (χ1n) is 8.69. The number of hydrogen-bond donors (Lipinski definition) is 0. The molecule has 2 aromatic heterocycles. The summed E-state index contributed by atoms with van der Waals surface area (Å²) in [5, 5.41) is 4.77. The van der Waals surface area contributed by atoms with E-state index < -0.39 is 0 Å². The second kappa shape index (κ2) is 7.83. The van der Waals surface area contributed by atoms with Gasteiger partial charge in [-0.1, -0.05) is 36.9 Å². The number of hydrogen-bond acceptors (Lipinski definition) is 3. The number of aromatic nitrogens is 3. The number of halogens is 1. The molecular weight excluding hydrogens is 336 g/mol. The molecule has 0 saturated heterocycles. The summed E-state index contributed by atoms with van der Waals surface area (Å²) in [6.07, 6.45) is 10.9. The average molecular weight is 359 g/mol. The molecule has 1 aliphatic rings. The first kappa shape index (κ1) is 17.7. The van der Waals surface area contributed by atoms with E-state index in [0.29, 0.717) is 16.7 Å². The molecule has 0 N–H and O–H groups in total. The molecule has 5 nitrogen and oxygen atoms in total. The Kier molecular flexibility index (Phi) is 5.53. The fourth-order valence-electron chi connectivity index (χ4n) is 3.19. The fraction of sp³-hybridized carbons (Fsp3) is 0.421. The SMILES string of the molecule is Cc1nn(C)c(Cl)c1/C=C/C(=O)n1ccccc1=NC1CCCCC1. The van der Waals surface area contributed by atoms with Gasteiger partial charge in [0.25, 0.3) is 5.91 Å². The van der Waals surface area contributed by atoms with Crippen molar-refractivity contribution < 1.29 is 4.79 Å². The molecule has 2 aromatic rings. The molecule has 0 radical (unpaired) electrons. The number of carbonyl (C=O) groups is 1. The van der Waals surface area contributed by atoms with Gasteiger partial charge in [-0.15, -0.1) is 0 Å². The van der Waals surface area contributed by atoms with Gasteiger partial charge in [0.1, 0.15) is 10.6 Å². The summed E-state index contributed by atoms with van der Waals surface area (Å²) < 4.78 is 3.19. The van der Waals surface area contributed by atoms with Gasteiger partial charge in [-0.25, -0.2) is 0 Å². The van der Waals surface area contributed by atoms with Crippen molar-refractivity contribution in [3.05, 3.63) is 52.4 Å². The van der Waals surface area contributed by atoms with Crippen LogP contribution >= 0.6 is 11.6 Å². The molecule has 0 unspecified atom stereocenters. The maximum Gasteiger partial charge on any atom is 0.256 e. The third-order valence-corrected chi connectivity index (χ3v) is 5.00. The Balaban J connectivity index is 1.87. The summed E-state index contributed by atoms with van der Waals surface area (Å²) in [6, 6.07) is 5.96. The zero-order valence-electron chi connectivity index (χ0n) is 14.7. The maximum atomic E-state index is 12.7. The Bertz CT molecular complexity index is 857. The second-order valence-electron chi connectivity index (χ2n) is 6.43. The second-order valence-corrected chi connectivity index (χ2v) is 6.79. The average Bonchev–Trinajstić information content (AvgIpc) is 2.86. The molecule has 6 heteroatoms. The van der Waals surface area contributed by atoms with Gasteiger partial charge in [0.2, 0.25) is 0 Å². The first-order valence-corrected chi connectivity index (χ1v) is 9.07. The Labute approximate surface area is 152 Å². The van der Waals surface area contributed by atoms with Crippen LogP contribution in [0.5, 0.6) is 0 Å². The predicted octanol–water partition coefficient (Wildman–Crippen LogP) is 3.77. The van der Waals surface area contributed by atoms with E-state index in [4.69, 9.17) is 16.6 Å². The highest BCUT2D eigenvalue weighted by Gasteiger charge is 2.13. The van der Waals surface area contributed by atoms with Gasteiger partial charge in [0, 0.05) is 24.9 Å². The van der Waals surface area contributed by atoms with E-state index in [1.165, 1.54) is 25.3 Å². The number of pyridine rings is 1. The Hall–Kier alpha value is -2.14. The van der Waals surface area contributed by atoms with E-state index in [1.54, 1.807) is 28.6 Å². The normalized spacial score (nSPS) is 16.7. The van der Waals surface area contributed by atoms with Crippen LogP contribution in [0.2, 0.25) is 5.15 Å². The topological polar surface area (TPSA) is 52.2 Å². The predicted molar refractivity (Wildman–Crippen MR) is 99.5 cm³/mol. The zero-order chi connectivity index (χ0) is 17.8. The maximum absolute atomic E-state index is 12.7. The van der Waals surface area contributed by atoms with E-state index in [-0.39, 0.29) is 5.91 Å². The number of allylic oxidation sites excluding steroid dienone is 1. The summed E-state index contributed by atoms with van der Waals surface area (Å²) in [6.45, 7) is 1.87. The van der Waals surface area contributed by atoms with Gasteiger partial charge in [-0.05, 0) is 38.0 Å².